The van der Waals surface area contributed by atoms with Crippen molar-refractivity contribution in [3.63, 3.8) is 0 Å². The molecule has 0 bridgehead atoms. The zero-order valence-electron chi connectivity index (χ0n) is 11.0. The summed E-state index contributed by atoms with van der Waals surface area (Å²) in [5.41, 5.74) is 1.71. The average Bonchev–Trinajstić information content (AvgIpc) is 2.46. The molecule has 1 atom stereocenters. The number of benzene rings is 1. The molecular weight excluding hydrogens is 260 g/mol. The van der Waals surface area contributed by atoms with E-state index in [9.17, 15) is 4.79 Å². The molecule has 3 rings (SSSR count). The van der Waals surface area contributed by atoms with Crippen molar-refractivity contribution >= 4 is 23.6 Å². The fraction of sp³-hybridized carbons (Fsp3) is 0.533. The molecule has 0 aliphatic carbocycles. The van der Waals surface area contributed by atoms with E-state index in [1.807, 2.05) is 18.2 Å². The number of carbonyl (C=O) groups excluding carboxylic acids is 1. The molecule has 0 amide bonds. The van der Waals surface area contributed by atoms with Gasteiger partial charge in [-0.15, -0.1) is 0 Å². The van der Waals surface area contributed by atoms with Gasteiger partial charge in [0.25, 0.3) is 0 Å². The SMILES string of the molecule is O=Cc1ccc(N2CCN3CCCCC3C2)cc1Cl. The van der Waals surface area contributed by atoms with Gasteiger partial charge < -0.3 is 4.90 Å². The van der Waals surface area contributed by atoms with Gasteiger partial charge in [0.05, 0.1) is 5.02 Å². The fourth-order valence-electron chi connectivity index (χ4n) is 3.20. The predicted molar refractivity (Wildman–Crippen MR) is 78.3 cm³/mol. The van der Waals surface area contributed by atoms with Crippen LogP contribution in [0.5, 0.6) is 0 Å². The maximum absolute atomic E-state index is 10.8. The first-order chi connectivity index (χ1) is 9.28. The second-order valence-electron chi connectivity index (χ2n) is 5.46. The molecule has 3 nitrogen and oxygen atoms in total. The number of carbonyl (C=O) groups is 1. The highest BCUT2D eigenvalue weighted by Crippen LogP contribution is 2.27. The highest BCUT2D eigenvalue weighted by Gasteiger charge is 2.28. The van der Waals surface area contributed by atoms with Gasteiger partial charge in [-0.25, -0.2) is 0 Å². The van der Waals surface area contributed by atoms with Crippen LogP contribution in [-0.2, 0) is 0 Å². The Labute approximate surface area is 119 Å². The first-order valence-electron chi connectivity index (χ1n) is 7.01. The summed E-state index contributed by atoms with van der Waals surface area (Å²) in [6, 6.07) is 6.43. The molecule has 1 aromatic carbocycles. The first kappa shape index (κ1) is 12.9. The van der Waals surface area contributed by atoms with E-state index in [1.165, 1.54) is 25.8 Å². The zero-order valence-corrected chi connectivity index (χ0v) is 11.8. The van der Waals surface area contributed by atoms with Crippen molar-refractivity contribution in [2.75, 3.05) is 31.1 Å². The Morgan fingerprint density at radius 1 is 1.21 bits per heavy atom. The number of hydrogen-bond acceptors (Lipinski definition) is 3. The largest absolute Gasteiger partial charge is 0.369 e. The monoisotopic (exact) mass is 278 g/mol. The maximum Gasteiger partial charge on any atom is 0.151 e. The predicted octanol–water partition coefficient (Wildman–Crippen LogP) is 2.83. The smallest absolute Gasteiger partial charge is 0.151 e. The van der Waals surface area contributed by atoms with Gasteiger partial charge in [-0.2, -0.15) is 0 Å². The summed E-state index contributed by atoms with van der Waals surface area (Å²) in [6.45, 7) is 4.52. The Hall–Kier alpha value is -1.06. The van der Waals surface area contributed by atoms with Crippen molar-refractivity contribution < 1.29 is 4.79 Å². The van der Waals surface area contributed by atoms with Crippen molar-refractivity contribution in [3.8, 4) is 0 Å². The molecule has 0 N–H and O–H groups in total. The van der Waals surface area contributed by atoms with Gasteiger partial charge >= 0.3 is 0 Å². The molecule has 1 aromatic rings. The number of fused-ring (bicyclic) bond motifs is 1. The number of piperidine rings is 1. The van der Waals surface area contributed by atoms with Gasteiger partial charge in [0.2, 0.25) is 0 Å². The topological polar surface area (TPSA) is 23.6 Å². The molecule has 2 aliphatic heterocycles. The van der Waals surface area contributed by atoms with Crippen molar-refractivity contribution in [3.05, 3.63) is 28.8 Å². The summed E-state index contributed by atoms with van der Waals surface area (Å²) in [5.74, 6) is 0. The van der Waals surface area contributed by atoms with Crippen LogP contribution < -0.4 is 4.90 Å². The molecule has 4 heteroatoms. The molecule has 102 valence electrons. The molecule has 0 spiro atoms. The van der Waals surface area contributed by atoms with E-state index in [2.05, 4.69) is 9.80 Å². The summed E-state index contributed by atoms with van der Waals surface area (Å²) >= 11 is 6.12. The lowest BCUT2D eigenvalue weighted by Gasteiger charge is -2.45. The molecule has 2 heterocycles. The lowest BCUT2D eigenvalue weighted by Crippen LogP contribution is -2.54. The van der Waals surface area contributed by atoms with Crippen LogP contribution in [0.4, 0.5) is 5.69 Å². The molecule has 0 radical (unpaired) electrons. The van der Waals surface area contributed by atoms with E-state index in [0.29, 0.717) is 16.6 Å². The Kier molecular flexibility index (Phi) is 3.76. The number of halogens is 1. The Morgan fingerprint density at radius 2 is 2.11 bits per heavy atom. The molecular formula is C15H19ClN2O. The van der Waals surface area contributed by atoms with Crippen molar-refractivity contribution in [1.82, 2.24) is 4.90 Å². The van der Waals surface area contributed by atoms with E-state index < -0.39 is 0 Å². The Bertz CT molecular complexity index is 477. The molecule has 1 unspecified atom stereocenters. The van der Waals surface area contributed by atoms with Crippen LogP contribution in [0.2, 0.25) is 5.02 Å². The third-order valence-corrected chi connectivity index (χ3v) is 4.64. The Balaban J connectivity index is 1.75. The third-order valence-electron chi connectivity index (χ3n) is 4.31. The second-order valence-corrected chi connectivity index (χ2v) is 5.86. The van der Waals surface area contributed by atoms with E-state index in [-0.39, 0.29) is 0 Å². The van der Waals surface area contributed by atoms with Gasteiger partial charge in [-0.1, -0.05) is 18.0 Å². The number of hydrogen-bond donors (Lipinski definition) is 0. The van der Waals surface area contributed by atoms with Gasteiger partial charge in [-0.05, 0) is 37.6 Å². The number of anilines is 1. The molecule has 2 aliphatic rings. The van der Waals surface area contributed by atoms with Crippen LogP contribution in [0.3, 0.4) is 0 Å². The lowest BCUT2D eigenvalue weighted by molar-refractivity contribution is 0.112. The van der Waals surface area contributed by atoms with Crippen LogP contribution in [0, 0.1) is 0 Å². The van der Waals surface area contributed by atoms with E-state index >= 15 is 0 Å². The molecule has 2 fully saturated rings. The van der Waals surface area contributed by atoms with Gasteiger partial charge in [0, 0.05) is 36.9 Å². The lowest BCUT2D eigenvalue weighted by atomic mass is 9.99. The summed E-state index contributed by atoms with van der Waals surface area (Å²) < 4.78 is 0. The second kappa shape index (κ2) is 5.51. The summed E-state index contributed by atoms with van der Waals surface area (Å²) in [6.07, 6.45) is 4.80. The highest BCUT2D eigenvalue weighted by molar-refractivity contribution is 6.33. The average molecular weight is 279 g/mol. The standard InChI is InChI=1S/C15H19ClN2O/c16-15-9-13(5-4-12(15)11-19)18-8-7-17-6-2-1-3-14(17)10-18/h4-5,9,11,14H,1-3,6-8,10H2. The number of aldehydes is 1. The number of rotatable bonds is 2. The highest BCUT2D eigenvalue weighted by atomic mass is 35.5. The minimum atomic E-state index is 0.554. The summed E-state index contributed by atoms with van der Waals surface area (Å²) in [7, 11) is 0. The fourth-order valence-corrected chi connectivity index (χ4v) is 3.42. The van der Waals surface area contributed by atoms with E-state index in [4.69, 9.17) is 11.6 Å². The van der Waals surface area contributed by atoms with Crippen molar-refractivity contribution in [2.24, 2.45) is 0 Å². The normalized spacial score (nSPS) is 24.1. The zero-order chi connectivity index (χ0) is 13.2. The molecule has 0 aromatic heterocycles. The van der Waals surface area contributed by atoms with Crippen LogP contribution >= 0.6 is 11.6 Å². The van der Waals surface area contributed by atoms with Crippen molar-refractivity contribution in [2.45, 2.75) is 25.3 Å². The van der Waals surface area contributed by atoms with Gasteiger partial charge in [0.15, 0.2) is 6.29 Å². The minimum Gasteiger partial charge on any atom is -0.369 e. The maximum atomic E-state index is 10.8. The Morgan fingerprint density at radius 3 is 2.89 bits per heavy atom. The van der Waals surface area contributed by atoms with Gasteiger partial charge in [-0.3, -0.25) is 9.69 Å². The number of piperazine rings is 1. The van der Waals surface area contributed by atoms with Crippen LogP contribution in [0.1, 0.15) is 29.6 Å². The molecule has 2 saturated heterocycles. The van der Waals surface area contributed by atoms with Crippen LogP contribution in [-0.4, -0.2) is 43.4 Å². The van der Waals surface area contributed by atoms with E-state index in [0.717, 1.165) is 31.6 Å². The summed E-state index contributed by atoms with van der Waals surface area (Å²) in [4.78, 5) is 15.8. The first-order valence-corrected chi connectivity index (χ1v) is 7.39. The van der Waals surface area contributed by atoms with Gasteiger partial charge in [0.1, 0.15) is 0 Å². The van der Waals surface area contributed by atoms with E-state index in [1.54, 1.807) is 0 Å². The minimum absolute atomic E-state index is 0.554. The van der Waals surface area contributed by atoms with Crippen molar-refractivity contribution in [1.29, 1.82) is 0 Å². The molecule has 0 saturated carbocycles. The quantitative estimate of drug-likeness (QED) is 0.777. The number of nitrogens with zero attached hydrogens (tertiary/aromatic N) is 2. The molecule has 19 heavy (non-hydrogen) atoms. The van der Waals surface area contributed by atoms with Crippen LogP contribution in [0.15, 0.2) is 18.2 Å². The third kappa shape index (κ3) is 2.63. The summed E-state index contributed by atoms with van der Waals surface area (Å²) in [5, 5.41) is 0.554. The van der Waals surface area contributed by atoms with Crippen LogP contribution in [0.25, 0.3) is 0 Å².